The molecule has 0 spiro atoms. The molecule has 0 radical (unpaired) electrons. The van der Waals surface area contributed by atoms with Crippen LogP contribution in [-0.2, 0) is 13.0 Å². The second kappa shape index (κ2) is 8.41. The molecule has 0 bridgehead atoms. The number of rotatable bonds is 7. The van der Waals surface area contributed by atoms with Gasteiger partial charge in [-0.1, -0.05) is 55.8 Å². The average molecular weight is 400 g/mol. The monoisotopic (exact) mass is 400 g/mol. The number of carboxylic acids is 1. The second-order valence-electron chi connectivity index (χ2n) is 7.44. The molecule has 5 heteroatoms. The number of hydrogen-bond donors (Lipinski definition) is 2. The molecule has 0 aliphatic heterocycles. The van der Waals surface area contributed by atoms with Crippen LogP contribution in [0.4, 0.5) is 0 Å². The SMILES string of the molecule is CCCCc1nc2cc(O)ccc2n1Cc1ccc(-c2ccccc2C(=O)O)cc1. The van der Waals surface area contributed by atoms with Gasteiger partial charge in [-0.05, 0) is 41.3 Å². The number of aryl methyl sites for hydroxylation is 1. The van der Waals surface area contributed by atoms with Crippen LogP contribution >= 0.6 is 0 Å². The van der Waals surface area contributed by atoms with E-state index in [2.05, 4.69) is 11.5 Å². The van der Waals surface area contributed by atoms with Gasteiger partial charge in [-0.3, -0.25) is 0 Å². The van der Waals surface area contributed by atoms with Gasteiger partial charge in [-0.2, -0.15) is 0 Å². The van der Waals surface area contributed by atoms with Crippen LogP contribution in [0.5, 0.6) is 5.75 Å². The Morgan fingerprint density at radius 3 is 2.53 bits per heavy atom. The highest BCUT2D eigenvalue weighted by molar-refractivity contribution is 5.96. The Labute approximate surface area is 175 Å². The van der Waals surface area contributed by atoms with Gasteiger partial charge in [0.1, 0.15) is 11.6 Å². The smallest absolute Gasteiger partial charge is 0.336 e. The summed E-state index contributed by atoms with van der Waals surface area (Å²) >= 11 is 0. The summed E-state index contributed by atoms with van der Waals surface area (Å²) in [6.45, 7) is 2.83. The molecule has 2 N–H and O–H groups in total. The lowest BCUT2D eigenvalue weighted by molar-refractivity contribution is 0.0697. The first-order valence-electron chi connectivity index (χ1n) is 10.2. The van der Waals surface area contributed by atoms with Gasteiger partial charge >= 0.3 is 5.97 Å². The Balaban J connectivity index is 1.67. The third kappa shape index (κ3) is 3.92. The van der Waals surface area contributed by atoms with Crippen molar-refractivity contribution in [2.75, 3.05) is 0 Å². The van der Waals surface area contributed by atoms with Gasteiger partial charge in [0, 0.05) is 19.0 Å². The fourth-order valence-corrected chi connectivity index (χ4v) is 3.76. The van der Waals surface area contributed by atoms with Crippen LogP contribution in [0.1, 0.15) is 41.5 Å². The maximum absolute atomic E-state index is 11.5. The zero-order valence-corrected chi connectivity index (χ0v) is 16.9. The van der Waals surface area contributed by atoms with Crippen molar-refractivity contribution < 1.29 is 15.0 Å². The number of carboxylic acid groups (broad SMARTS) is 1. The maximum atomic E-state index is 11.5. The molecular formula is C25H24N2O3. The fourth-order valence-electron chi connectivity index (χ4n) is 3.76. The Morgan fingerprint density at radius 1 is 1.03 bits per heavy atom. The number of carbonyl (C=O) groups is 1. The highest BCUT2D eigenvalue weighted by Crippen LogP contribution is 2.26. The molecule has 0 saturated heterocycles. The third-order valence-electron chi connectivity index (χ3n) is 5.33. The summed E-state index contributed by atoms with van der Waals surface area (Å²) in [6, 6.07) is 20.3. The Bertz CT molecular complexity index is 1190. The molecule has 4 aromatic rings. The fraction of sp³-hybridized carbons (Fsp3) is 0.200. The molecule has 0 aliphatic rings. The molecular weight excluding hydrogens is 376 g/mol. The molecule has 0 saturated carbocycles. The summed E-state index contributed by atoms with van der Waals surface area (Å²) < 4.78 is 2.20. The number of nitrogens with zero attached hydrogens (tertiary/aromatic N) is 2. The highest BCUT2D eigenvalue weighted by Gasteiger charge is 2.13. The Kier molecular flexibility index (Phi) is 5.53. The van der Waals surface area contributed by atoms with E-state index in [9.17, 15) is 15.0 Å². The first-order valence-corrected chi connectivity index (χ1v) is 10.2. The van der Waals surface area contributed by atoms with Crippen molar-refractivity contribution in [1.82, 2.24) is 9.55 Å². The second-order valence-corrected chi connectivity index (χ2v) is 7.44. The number of fused-ring (bicyclic) bond motifs is 1. The van der Waals surface area contributed by atoms with Crippen LogP contribution in [0, 0.1) is 0 Å². The predicted molar refractivity (Wildman–Crippen MR) is 118 cm³/mol. The van der Waals surface area contributed by atoms with Crippen molar-refractivity contribution in [3.63, 3.8) is 0 Å². The number of aromatic nitrogens is 2. The molecule has 5 nitrogen and oxygen atoms in total. The van der Waals surface area contributed by atoms with Crippen molar-refractivity contribution >= 4 is 17.0 Å². The van der Waals surface area contributed by atoms with Crippen LogP contribution in [-0.4, -0.2) is 25.7 Å². The van der Waals surface area contributed by atoms with Crippen molar-refractivity contribution in [3.05, 3.63) is 83.7 Å². The summed E-state index contributed by atoms with van der Waals surface area (Å²) in [6.07, 6.45) is 3.03. The van der Waals surface area contributed by atoms with Crippen molar-refractivity contribution in [2.45, 2.75) is 32.7 Å². The quantitative estimate of drug-likeness (QED) is 0.430. The molecule has 1 aromatic heterocycles. The van der Waals surface area contributed by atoms with Gasteiger partial charge in [0.05, 0.1) is 16.6 Å². The molecule has 0 aliphatic carbocycles. The predicted octanol–water partition coefficient (Wildman–Crippen LogP) is 5.50. The Morgan fingerprint density at radius 2 is 1.80 bits per heavy atom. The van der Waals surface area contributed by atoms with Crippen molar-refractivity contribution in [3.8, 4) is 16.9 Å². The number of benzene rings is 3. The molecule has 0 fully saturated rings. The van der Waals surface area contributed by atoms with Gasteiger partial charge in [0.15, 0.2) is 0 Å². The normalized spacial score (nSPS) is 11.1. The summed E-state index contributed by atoms with van der Waals surface area (Å²) in [5, 5.41) is 19.3. The van der Waals surface area contributed by atoms with Gasteiger partial charge < -0.3 is 14.8 Å². The maximum Gasteiger partial charge on any atom is 0.336 e. The van der Waals surface area contributed by atoms with Crippen LogP contribution in [0.3, 0.4) is 0 Å². The van der Waals surface area contributed by atoms with E-state index in [0.29, 0.717) is 17.7 Å². The lowest BCUT2D eigenvalue weighted by Crippen LogP contribution is -2.05. The summed E-state index contributed by atoms with van der Waals surface area (Å²) in [4.78, 5) is 16.3. The minimum Gasteiger partial charge on any atom is -0.508 e. The van der Waals surface area contributed by atoms with E-state index in [1.165, 1.54) is 0 Å². The lowest BCUT2D eigenvalue weighted by atomic mass is 9.99. The van der Waals surface area contributed by atoms with Gasteiger partial charge in [0.25, 0.3) is 0 Å². The molecule has 30 heavy (non-hydrogen) atoms. The lowest BCUT2D eigenvalue weighted by Gasteiger charge is -2.11. The molecule has 4 rings (SSSR count). The number of hydrogen-bond acceptors (Lipinski definition) is 3. The van der Waals surface area contributed by atoms with Gasteiger partial charge in [-0.25, -0.2) is 9.78 Å². The number of aromatic hydroxyl groups is 1. The molecule has 0 atom stereocenters. The first-order chi connectivity index (χ1) is 14.6. The number of phenols is 1. The minimum atomic E-state index is -0.927. The van der Waals surface area contributed by atoms with E-state index in [4.69, 9.17) is 4.98 Å². The number of imidazole rings is 1. The van der Waals surface area contributed by atoms with Crippen LogP contribution < -0.4 is 0 Å². The molecule has 1 heterocycles. The average Bonchev–Trinajstić information content (AvgIpc) is 3.09. The van der Waals surface area contributed by atoms with E-state index in [1.807, 2.05) is 42.5 Å². The molecule has 152 valence electrons. The summed E-state index contributed by atoms with van der Waals surface area (Å²) in [7, 11) is 0. The van der Waals surface area contributed by atoms with Gasteiger partial charge in [0.2, 0.25) is 0 Å². The van der Waals surface area contributed by atoms with Crippen molar-refractivity contribution in [2.24, 2.45) is 0 Å². The zero-order chi connectivity index (χ0) is 21.1. The molecule has 3 aromatic carbocycles. The van der Waals surface area contributed by atoms with Crippen molar-refractivity contribution in [1.29, 1.82) is 0 Å². The largest absolute Gasteiger partial charge is 0.508 e. The first kappa shape index (κ1) is 19.7. The number of aromatic carboxylic acids is 1. The molecule has 0 unspecified atom stereocenters. The topological polar surface area (TPSA) is 75.4 Å². The standard InChI is InChI=1S/C25H24N2O3/c1-2-3-8-24-26-22-15-19(28)13-14-23(22)27(24)16-17-9-11-18(12-10-17)20-6-4-5-7-21(20)25(29)30/h4-7,9-15,28H,2-3,8,16H2,1H3,(H,29,30). The number of unbranched alkanes of at least 4 members (excludes halogenated alkanes) is 1. The molecule has 0 amide bonds. The van der Waals surface area contributed by atoms with E-state index < -0.39 is 5.97 Å². The Hall–Kier alpha value is -3.60. The third-order valence-corrected chi connectivity index (χ3v) is 5.33. The van der Waals surface area contributed by atoms with E-state index in [-0.39, 0.29) is 5.75 Å². The van der Waals surface area contributed by atoms with E-state index in [1.54, 1.807) is 24.3 Å². The summed E-state index contributed by atoms with van der Waals surface area (Å²) in [5.41, 5.74) is 4.80. The minimum absolute atomic E-state index is 0.218. The zero-order valence-electron chi connectivity index (χ0n) is 16.9. The van der Waals surface area contributed by atoms with Gasteiger partial charge in [-0.15, -0.1) is 0 Å². The van der Waals surface area contributed by atoms with Crippen LogP contribution in [0.2, 0.25) is 0 Å². The highest BCUT2D eigenvalue weighted by atomic mass is 16.4. The van der Waals surface area contributed by atoms with Crippen LogP contribution in [0.25, 0.3) is 22.2 Å². The van der Waals surface area contributed by atoms with E-state index in [0.717, 1.165) is 47.2 Å². The van der Waals surface area contributed by atoms with Crippen LogP contribution in [0.15, 0.2) is 66.7 Å². The van der Waals surface area contributed by atoms with E-state index >= 15 is 0 Å². The number of phenolic OH excluding ortho intramolecular Hbond substituents is 1. The summed E-state index contributed by atoms with van der Waals surface area (Å²) in [5.74, 6) is 0.303.